The minimum absolute atomic E-state index is 0.105. The number of hydrogen-bond acceptors (Lipinski definition) is 4. The van der Waals surface area contributed by atoms with Crippen LogP contribution in [0.3, 0.4) is 0 Å². The molecular formula is C12H20N4O3. The Morgan fingerprint density at radius 1 is 1.63 bits per heavy atom. The van der Waals surface area contributed by atoms with E-state index in [1.807, 2.05) is 18.9 Å². The third kappa shape index (κ3) is 3.78. The molecule has 0 bridgehead atoms. The van der Waals surface area contributed by atoms with E-state index in [1.54, 1.807) is 14.2 Å². The Labute approximate surface area is 112 Å². The number of aryl methyl sites for hydroxylation is 1. The van der Waals surface area contributed by atoms with Gasteiger partial charge in [-0.3, -0.25) is 4.68 Å². The Kier molecular flexibility index (Phi) is 5.50. The summed E-state index contributed by atoms with van der Waals surface area (Å²) in [4.78, 5) is 17.5. The van der Waals surface area contributed by atoms with Gasteiger partial charge in [-0.05, 0) is 0 Å². The van der Waals surface area contributed by atoms with E-state index in [1.165, 1.54) is 10.9 Å². The molecule has 0 radical (unpaired) electrons. The summed E-state index contributed by atoms with van der Waals surface area (Å²) in [5.74, 6) is 0.124. The standard InChI is InChI=1S/C12H20N4O3/c1-5-10(15(2)6-7-19-4)14-11-9(12(17)18)8-13-16(11)3/h8H,5-7H2,1-4H3,(H,17,18)/b14-10+. The van der Waals surface area contributed by atoms with Crippen LogP contribution < -0.4 is 0 Å². The minimum Gasteiger partial charge on any atom is -0.477 e. The molecule has 19 heavy (non-hydrogen) atoms. The molecule has 1 heterocycles. The molecule has 1 aromatic heterocycles. The number of amidine groups is 1. The van der Waals surface area contributed by atoms with Crippen LogP contribution in [0.15, 0.2) is 11.2 Å². The van der Waals surface area contributed by atoms with Crippen LogP contribution in [0.1, 0.15) is 23.7 Å². The molecule has 1 rings (SSSR count). The van der Waals surface area contributed by atoms with Crippen LogP contribution in [0.2, 0.25) is 0 Å². The number of rotatable bonds is 6. The van der Waals surface area contributed by atoms with Crippen molar-refractivity contribution in [1.82, 2.24) is 14.7 Å². The zero-order valence-electron chi connectivity index (χ0n) is 11.8. The number of aromatic nitrogens is 2. The summed E-state index contributed by atoms with van der Waals surface area (Å²) in [5.41, 5.74) is 0.105. The van der Waals surface area contributed by atoms with E-state index < -0.39 is 5.97 Å². The van der Waals surface area contributed by atoms with E-state index in [0.717, 1.165) is 5.84 Å². The first-order chi connectivity index (χ1) is 9.01. The maximum Gasteiger partial charge on any atom is 0.341 e. The molecular weight excluding hydrogens is 248 g/mol. The van der Waals surface area contributed by atoms with Crippen LogP contribution in [0.5, 0.6) is 0 Å². The molecule has 1 aromatic rings. The van der Waals surface area contributed by atoms with Crippen LogP contribution >= 0.6 is 0 Å². The predicted molar refractivity (Wildman–Crippen MR) is 72.1 cm³/mol. The smallest absolute Gasteiger partial charge is 0.341 e. The van der Waals surface area contributed by atoms with Crippen molar-refractivity contribution in [3.63, 3.8) is 0 Å². The topological polar surface area (TPSA) is 79.9 Å². The number of carbonyl (C=O) groups is 1. The molecule has 0 aliphatic carbocycles. The maximum absolute atomic E-state index is 11.1. The summed E-state index contributed by atoms with van der Waals surface area (Å²) < 4.78 is 6.48. The number of carboxylic acid groups (broad SMARTS) is 1. The van der Waals surface area contributed by atoms with Gasteiger partial charge in [-0.2, -0.15) is 5.10 Å². The highest BCUT2D eigenvalue weighted by Crippen LogP contribution is 2.19. The summed E-state index contributed by atoms with van der Waals surface area (Å²) in [7, 11) is 5.21. The van der Waals surface area contributed by atoms with Crippen molar-refractivity contribution in [3.8, 4) is 0 Å². The molecule has 0 aromatic carbocycles. The number of methoxy groups -OCH3 is 1. The van der Waals surface area contributed by atoms with Crippen molar-refractivity contribution >= 4 is 17.6 Å². The van der Waals surface area contributed by atoms with Gasteiger partial charge in [0.05, 0.1) is 12.8 Å². The SMILES string of the molecule is CC/C(=N\c1c(C(=O)O)cnn1C)N(C)CCOC. The van der Waals surface area contributed by atoms with Gasteiger partial charge in [0, 0.05) is 34.2 Å². The van der Waals surface area contributed by atoms with Gasteiger partial charge < -0.3 is 14.7 Å². The van der Waals surface area contributed by atoms with Crippen LogP contribution in [0.25, 0.3) is 0 Å². The van der Waals surface area contributed by atoms with Crippen molar-refractivity contribution in [2.24, 2.45) is 12.0 Å². The minimum atomic E-state index is -1.03. The number of likely N-dealkylation sites (N-methyl/N-ethyl adjacent to an activating group) is 1. The van der Waals surface area contributed by atoms with Crippen molar-refractivity contribution < 1.29 is 14.6 Å². The largest absolute Gasteiger partial charge is 0.477 e. The molecule has 1 N–H and O–H groups in total. The van der Waals surface area contributed by atoms with Crippen molar-refractivity contribution in [3.05, 3.63) is 11.8 Å². The Bertz CT molecular complexity index is 468. The van der Waals surface area contributed by atoms with E-state index in [2.05, 4.69) is 10.1 Å². The molecule has 0 saturated heterocycles. The third-order valence-corrected chi connectivity index (χ3v) is 2.76. The monoisotopic (exact) mass is 268 g/mol. The van der Waals surface area contributed by atoms with Gasteiger partial charge in [-0.1, -0.05) is 6.92 Å². The summed E-state index contributed by atoms with van der Waals surface area (Å²) in [6, 6.07) is 0. The Morgan fingerprint density at radius 3 is 2.84 bits per heavy atom. The molecule has 0 aliphatic rings. The number of nitrogens with zero attached hydrogens (tertiary/aromatic N) is 4. The molecule has 0 aliphatic heterocycles. The number of aliphatic imine (C=N–C) groups is 1. The number of ether oxygens (including phenoxy) is 1. The second-order valence-corrected chi connectivity index (χ2v) is 4.11. The molecule has 0 spiro atoms. The molecule has 0 amide bonds. The molecule has 0 fully saturated rings. The fourth-order valence-corrected chi connectivity index (χ4v) is 1.63. The normalized spacial score (nSPS) is 11.7. The molecule has 0 atom stereocenters. The predicted octanol–water partition coefficient (Wildman–Crippen LogP) is 1.14. The Balaban J connectivity index is 3.03. The van der Waals surface area contributed by atoms with E-state index in [-0.39, 0.29) is 5.56 Å². The lowest BCUT2D eigenvalue weighted by Gasteiger charge is -2.20. The first kappa shape index (κ1) is 15.2. The quantitative estimate of drug-likeness (QED) is 0.618. The summed E-state index contributed by atoms with van der Waals surface area (Å²) in [5, 5.41) is 13.0. The second kappa shape index (κ2) is 6.89. The van der Waals surface area contributed by atoms with Gasteiger partial charge >= 0.3 is 5.97 Å². The lowest BCUT2D eigenvalue weighted by atomic mass is 10.3. The fourth-order valence-electron chi connectivity index (χ4n) is 1.63. The first-order valence-electron chi connectivity index (χ1n) is 6.04. The molecule has 106 valence electrons. The van der Waals surface area contributed by atoms with Crippen LogP contribution in [0, 0.1) is 0 Å². The van der Waals surface area contributed by atoms with Crippen LogP contribution in [-0.2, 0) is 11.8 Å². The van der Waals surface area contributed by atoms with Gasteiger partial charge in [0.2, 0.25) is 0 Å². The van der Waals surface area contributed by atoms with E-state index in [4.69, 9.17) is 9.84 Å². The van der Waals surface area contributed by atoms with Gasteiger partial charge in [0.25, 0.3) is 0 Å². The second-order valence-electron chi connectivity index (χ2n) is 4.11. The van der Waals surface area contributed by atoms with Gasteiger partial charge in [-0.15, -0.1) is 0 Å². The summed E-state index contributed by atoms with van der Waals surface area (Å²) in [6.45, 7) is 3.26. The highest BCUT2D eigenvalue weighted by molar-refractivity contribution is 5.94. The summed E-state index contributed by atoms with van der Waals surface area (Å²) >= 11 is 0. The highest BCUT2D eigenvalue weighted by Gasteiger charge is 2.16. The zero-order valence-corrected chi connectivity index (χ0v) is 11.8. The van der Waals surface area contributed by atoms with Crippen LogP contribution in [0.4, 0.5) is 5.82 Å². The Hall–Kier alpha value is -1.89. The number of carboxylic acids is 1. The van der Waals surface area contributed by atoms with Crippen LogP contribution in [-0.4, -0.2) is 58.9 Å². The van der Waals surface area contributed by atoms with Crippen molar-refractivity contribution in [2.75, 3.05) is 27.3 Å². The number of hydrogen-bond donors (Lipinski definition) is 1. The zero-order chi connectivity index (χ0) is 14.4. The van der Waals surface area contributed by atoms with Crippen molar-refractivity contribution in [2.45, 2.75) is 13.3 Å². The van der Waals surface area contributed by atoms with Crippen molar-refractivity contribution in [1.29, 1.82) is 0 Å². The van der Waals surface area contributed by atoms with E-state index >= 15 is 0 Å². The van der Waals surface area contributed by atoms with E-state index in [0.29, 0.717) is 25.4 Å². The average molecular weight is 268 g/mol. The lowest BCUT2D eigenvalue weighted by molar-refractivity contribution is 0.0698. The molecule has 0 unspecified atom stereocenters. The van der Waals surface area contributed by atoms with Gasteiger partial charge in [0.1, 0.15) is 11.4 Å². The van der Waals surface area contributed by atoms with Gasteiger partial charge in [0.15, 0.2) is 5.82 Å². The molecule has 7 nitrogen and oxygen atoms in total. The third-order valence-electron chi connectivity index (χ3n) is 2.76. The first-order valence-corrected chi connectivity index (χ1v) is 6.04. The summed E-state index contributed by atoms with van der Waals surface area (Å²) in [6.07, 6.45) is 2.01. The fraction of sp³-hybridized carbons (Fsp3) is 0.583. The molecule has 0 saturated carbocycles. The Morgan fingerprint density at radius 2 is 2.32 bits per heavy atom. The molecule has 7 heteroatoms. The average Bonchev–Trinajstić information content (AvgIpc) is 2.74. The maximum atomic E-state index is 11.1. The van der Waals surface area contributed by atoms with E-state index in [9.17, 15) is 4.79 Å². The number of aromatic carboxylic acids is 1. The van der Waals surface area contributed by atoms with Gasteiger partial charge in [-0.25, -0.2) is 9.79 Å². The lowest BCUT2D eigenvalue weighted by Crippen LogP contribution is -2.29. The highest BCUT2D eigenvalue weighted by atomic mass is 16.5.